The molecule has 0 saturated heterocycles. The van der Waals surface area contributed by atoms with Crippen LogP contribution in [0.4, 0.5) is 0 Å². The lowest BCUT2D eigenvalue weighted by Crippen LogP contribution is -2.21. The first-order valence-electron chi connectivity index (χ1n) is 7.95. The van der Waals surface area contributed by atoms with Gasteiger partial charge in [0.05, 0.1) is 0 Å². The van der Waals surface area contributed by atoms with Crippen molar-refractivity contribution in [1.82, 2.24) is 0 Å². The van der Waals surface area contributed by atoms with Crippen LogP contribution in [0, 0.1) is 12.8 Å². The summed E-state index contributed by atoms with van der Waals surface area (Å²) in [5.74, 6) is -1.78. The molecule has 0 heterocycles. The van der Waals surface area contributed by atoms with Crippen molar-refractivity contribution in [3.63, 3.8) is 0 Å². The second-order valence-corrected chi connectivity index (χ2v) is 5.77. The molecule has 0 aromatic heterocycles. The fourth-order valence-corrected chi connectivity index (χ4v) is 2.21. The van der Waals surface area contributed by atoms with E-state index in [-0.39, 0.29) is 5.92 Å². The Morgan fingerprint density at radius 3 is 1.76 bits per heavy atom. The highest BCUT2D eigenvalue weighted by Crippen LogP contribution is 2.28. The van der Waals surface area contributed by atoms with Crippen molar-refractivity contribution in [3.8, 4) is 0 Å². The van der Waals surface area contributed by atoms with Gasteiger partial charge in [0.1, 0.15) is 6.10 Å². The molecule has 25 heavy (non-hydrogen) atoms. The van der Waals surface area contributed by atoms with E-state index in [1.165, 1.54) is 26.8 Å². The van der Waals surface area contributed by atoms with E-state index < -0.39 is 30.3 Å². The first-order chi connectivity index (χ1) is 11.7. The van der Waals surface area contributed by atoms with Crippen LogP contribution in [0.25, 0.3) is 0 Å². The summed E-state index contributed by atoms with van der Waals surface area (Å²) >= 11 is 0. The van der Waals surface area contributed by atoms with E-state index in [1.807, 2.05) is 38.1 Å². The van der Waals surface area contributed by atoms with Gasteiger partial charge in [-0.2, -0.15) is 0 Å². The van der Waals surface area contributed by atoms with E-state index in [2.05, 4.69) is 0 Å². The second-order valence-electron chi connectivity index (χ2n) is 5.77. The lowest BCUT2D eigenvalue weighted by Gasteiger charge is -2.22. The Bertz CT molecular complexity index is 616. The van der Waals surface area contributed by atoms with Gasteiger partial charge in [-0.05, 0) is 18.6 Å². The van der Waals surface area contributed by atoms with Crippen LogP contribution in [0.15, 0.2) is 36.4 Å². The highest BCUT2D eigenvalue weighted by atomic mass is 16.7. The fourth-order valence-electron chi connectivity index (χ4n) is 2.21. The van der Waals surface area contributed by atoms with Crippen molar-refractivity contribution >= 4 is 17.9 Å². The van der Waals surface area contributed by atoms with E-state index >= 15 is 0 Å². The topological polar surface area (TPSA) is 78.9 Å². The Hall–Kier alpha value is -2.63. The summed E-state index contributed by atoms with van der Waals surface area (Å²) in [7, 11) is 0. The minimum Gasteiger partial charge on any atom is -0.457 e. The molecule has 136 valence electrons. The summed E-state index contributed by atoms with van der Waals surface area (Å²) in [6.07, 6.45) is 1.51. The molecule has 0 aliphatic rings. The molecule has 0 amide bonds. The molecule has 6 heteroatoms. The average Bonchev–Trinajstić information content (AvgIpc) is 2.49. The van der Waals surface area contributed by atoms with Crippen LogP contribution in [0.3, 0.4) is 0 Å². The van der Waals surface area contributed by atoms with E-state index in [9.17, 15) is 14.4 Å². The van der Waals surface area contributed by atoms with Gasteiger partial charge in [0.25, 0.3) is 6.29 Å². The Labute approximate surface area is 147 Å². The highest BCUT2D eigenvalue weighted by molar-refractivity contribution is 5.68. The third-order valence-corrected chi connectivity index (χ3v) is 3.31. The molecule has 1 rings (SSSR count). The van der Waals surface area contributed by atoms with Crippen molar-refractivity contribution in [2.24, 2.45) is 5.92 Å². The number of aryl methyl sites for hydroxylation is 1. The average molecular weight is 348 g/mol. The summed E-state index contributed by atoms with van der Waals surface area (Å²) in [4.78, 5) is 33.6. The summed E-state index contributed by atoms with van der Waals surface area (Å²) in [6, 6.07) is 7.65. The molecule has 1 aromatic rings. The number of rotatable bonds is 7. The highest BCUT2D eigenvalue weighted by Gasteiger charge is 2.21. The maximum absolute atomic E-state index is 11.4. The first kappa shape index (κ1) is 20.4. The van der Waals surface area contributed by atoms with Crippen LogP contribution >= 0.6 is 0 Å². The molecule has 2 atom stereocenters. The predicted octanol–water partition coefficient (Wildman–Crippen LogP) is 3.24. The summed E-state index contributed by atoms with van der Waals surface area (Å²) < 4.78 is 15.3. The minimum absolute atomic E-state index is 0.236. The molecule has 0 bridgehead atoms. The van der Waals surface area contributed by atoms with Gasteiger partial charge in [0.15, 0.2) is 0 Å². The van der Waals surface area contributed by atoms with Crippen LogP contribution in [0.1, 0.15) is 44.9 Å². The quantitative estimate of drug-likeness (QED) is 0.427. The third kappa shape index (κ3) is 7.65. The SMILES string of the molecule is CC(=O)OC(C=CC(C)C(OC(C)=O)c1ccc(C)cc1)OC(C)=O. The van der Waals surface area contributed by atoms with Crippen molar-refractivity contribution in [1.29, 1.82) is 0 Å². The molecule has 0 aliphatic heterocycles. The van der Waals surface area contributed by atoms with E-state index in [0.29, 0.717) is 0 Å². The molecule has 0 fully saturated rings. The number of esters is 3. The normalized spacial score (nSPS) is 13.4. The molecule has 0 aliphatic carbocycles. The molecule has 0 saturated carbocycles. The number of ether oxygens (including phenoxy) is 3. The molecule has 6 nitrogen and oxygen atoms in total. The van der Waals surface area contributed by atoms with Crippen LogP contribution in [-0.4, -0.2) is 24.2 Å². The van der Waals surface area contributed by atoms with Gasteiger partial charge >= 0.3 is 17.9 Å². The van der Waals surface area contributed by atoms with Crippen molar-refractivity contribution in [2.45, 2.75) is 47.0 Å². The minimum atomic E-state index is -1.12. The van der Waals surface area contributed by atoms with E-state index in [4.69, 9.17) is 14.2 Å². The zero-order valence-corrected chi connectivity index (χ0v) is 15.1. The summed E-state index contributed by atoms with van der Waals surface area (Å²) in [5, 5.41) is 0. The number of benzene rings is 1. The van der Waals surface area contributed by atoms with Crippen molar-refractivity contribution < 1.29 is 28.6 Å². The van der Waals surface area contributed by atoms with Crippen LogP contribution < -0.4 is 0 Å². The first-order valence-corrected chi connectivity index (χ1v) is 7.95. The standard InChI is InChI=1S/C19H24O6/c1-12-6-9-17(10-7-12)19(25-16(5)22)13(2)8-11-18(23-14(3)20)24-15(4)21/h6-11,13,18-19H,1-5H3. The Morgan fingerprint density at radius 1 is 0.840 bits per heavy atom. The second kappa shape index (κ2) is 9.61. The molecule has 2 unspecified atom stereocenters. The molecular formula is C19H24O6. The van der Waals surface area contributed by atoms with E-state index in [0.717, 1.165) is 11.1 Å². The molecule has 0 radical (unpaired) electrons. The monoisotopic (exact) mass is 348 g/mol. The molecular weight excluding hydrogens is 324 g/mol. The third-order valence-electron chi connectivity index (χ3n) is 3.31. The van der Waals surface area contributed by atoms with Crippen molar-refractivity contribution in [2.75, 3.05) is 0 Å². The predicted molar refractivity (Wildman–Crippen MR) is 91.3 cm³/mol. The van der Waals surface area contributed by atoms with Gasteiger partial charge in [-0.3, -0.25) is 14.4 Å². The van der Waals surface area contributed by atoms with Gasteiger partial charge in [0.2, 0.25) is 0 Å². The summed E-state index contributed by atoms with van der Waals surface area (Å²) in [6.45, 7) is 7.61. The largest absolute Gasteiger partial charge is 0.457 e. The zero-order valence-electron chi connectivity index (χ0n) is 15.1. The van der Waals surface area contributed by atoms with Gasteiger partial charge in [-0.15, -0.1) is 0 Å². The van der Waals surface area contributed by atoms with Crippen molar-refractivity contribution in [3.05, 3.63) is 47.5 Å². The lowest BCUT2D eigenvalue weighted by molar-refractivity contribution is -0.176. The van der Waals surface area contributed by atoms with Crippen LogP contribution in [0.2, 0.25) is 0 Å². The lowest BCUT2D eigenvalue weighted by atomic mass is 9.96. The zero-order chi connectivity index (χ0) is 19.0. The number of hydrogen-bond donors (Lipinski definition) is 0. The number of carbonyl (C=O) groups excluding carboxylic acids is 3. The van der Waals surface area contributed by atoms with Gasteiger partial charge in [-0.1, -0.05) is 42.8 Å². The maximum atomic E-state index is 11.4. The number of hydrogen-bond acceptors (Lipinski definition) is 6. The Kier molecular flexibility index (Phi) is 7.85. The summed E-state index contributed by atoms with van der Waals surface area (Å²) in [5.41, 5.74) is 1.94. The molecule has 0 spiro atoms. The number of carbonyl (C=O) groups is 3. The molecule has 1 aromatic carbocycles. The smallest absolute Gasteiger partial charge is 0.305 e. The van der Waals surface area contributed by atoms with Gasteiger partial charge < -0.3 is 14.2 Å². The van der Waals surface area contributed by atoms with Gasteiger partial charge in [0, 0.05) is 26.7 Å². The van der Waals surface area contributed by atoms with E-state index in [1.54, 1.807) is 6.08 Å². The van der Waals surface area contributed by atoms with Gasteiger partial charge in [-0.25, -0.2) is 0 Å². The Morgan fingerprint density at radius 2 is 1.32 bits per heavy atom. The maximum Gasteiger partial charge on any atom is 0.305 e. The van der Waals surface area contributed by atoms with Crippen LogP contribution in [0.5, 0.6) is 0 Å². The molecule has 0 N–H and O–H groups in total. The van der Waals surface area contributed by atoms with Crippen LogP contribution in [-0.2, 0) is 28.6 Å². The fraction of sp³-hybridized carbons (Fsp3) is 0.421. The Balaban J connectivity index is 2.96.